The Labute approximate surface area is 174 Å². The van der Waals surface area contributed by atoms with Crippen LogP contribution in [0.15, 0.2) is 53.6 Å². The molecular weight excluding hydrogens is 384 g/mol. The Kier molecular flexibility index (Phi) is 7.15. The molecule has 2 N–H and O–H groups in total. The highest BCUT2D eigenvalue weighted by Crippen LogP contribution is 2.13. The van der Waals surface area contributed by atoms with Crippen LogP contribution in [0.4, 0.5) is 5.69 Å². The molecule has 0 saturated carbocycles. The van der Waals surface area contributed by atoms with E-state index in [9.17, 15) is 14.4 Å². The summed E-state index contributed by atoms with van der Waals surface area (Å²) < 4.78 is 5.51. The Morgan fingerprint density at radius 1 is 1.00 bits per heavy atom. The monoisotopic (exact) mass is 408 g/mol. The van der Waals surface area contributed by atoms with Gasteiger partial charge >= 0.3 is 11.8 Å². The van der Waals surface area contributed by atoms with E-state index in [2.05, 4.69) is 15.8 Å². The zero-order chi connectivity index (χ0) is 21.3. The van der Waals surface area contributed by atoms with Crippen molar-refractivity contribution in [2.24, 2.45) is 5.10 Å². The summed E-state index contributed by atoms with van der Waals surface area (Å²) in [5.74, 6) is -1.11. The van der Waals surface area contributed by atoms with Gasteiger partial charge < -0.3 is 15.0 Å². The van der Waals surface area contributed by atoms with Crippen LogP contribution in [-0.4, -0.2) is 48.5 Å². The molecular formula is C22H24N4O4. The molecule has 1 aliphatic rings. The van der Waals surface area contributed by atoms with E-state index >= 15 is 0 Å². The maximum Gasteiger partial charge on any atom is 0.329 e. The Hall–Kier alpha value is -3.68. The first-order chi connectivity index (χ1) is 14.5. The van der Waals surface area contributed by atoms with Crippen LogP contribution in [0.2, 0.25) is 0 Å². The van der Waals surface area contributed by atoms with Crippen molar-refractivity contribution in [1.29, 1.82) is 0 Å². The number of benzene rings is 2. The summed E-state index contributed by atoms with van der Waals surface area (Å²) in [4.78, 5) is 37.5. The van der Waals surface area contributed by atoms with Crippen molar-refractivity contribution >= 4 is 29.6 Å². The Morgan fingerprint density at radius 3 is 2.33 bits per heavy atom. The topological polar surface area (TPSA) is 100 Å². The number of anilines is 1. The molecule has 0 unspecified atom stereocenters. The highest BCUT2D eigenvalue weighted by atomic mass is 16.5. The van der Waals surface area contributed by atoms with E-state index < -0.39 is 11.8 Å². The van der Waals surface area contributed by atoms with Crippen LogP contribution in [0.3, 0.4) is 0 Å². The number of hydrogen-bond acceptors (Lipinski definition) is 5. The molecule has 3 rings (SSSR count). The first kappa shape index (κ1) is 21.0. The summed E-state index contributed by atoms with van der Waals surface area (Å²) in [6.45, 7) is 3.54. The fourth-order valence-electron chi connectivity index (χ4n) is 2.89. The number of nitrogens with one attached hydrogen (secondary N) is 2. The second kappa shape index (κ2) is 10.2. The maximum absolute atomic E-state index is 12.0. The summed E-state index contributed by atoms with van der Waals surface area (Å²) >= 11 is 0. The normalized spacial score (nSPS) is 13.3. The third kappa shape index (κ3) is 6.16. The molecule has 30 heavy (non-hydrogen) atoms. The number of nitrogens with zero attached hydrogens (tertiary/aromatic N) is 2. The second-order valence-electron chi connectivity index (χ2n) is 6.96. The minimum Gasteiger partial charge on any atom is -0.484 e. The molecule has 2 aromatic carbocycles. The molecule has 0 radical (unpaired) electrons. The summed E-state index contributed by atoms with van der Waals surface area (Å²) in [6.07, 6.45) is 3.50. The smallest absolute Gasteiger partial charge is 0.329 e. The second-order valence-corrected chi connectivity index (χ2v) is 6.96. The molecule has 2 aromatic rings. The van der Waals surface area contributed by atoms with Gasteiger partial charge in [-0.25, -0.2) is 5.43 Å². The molecule has 1 aliphatic heterocycles. The van der Waals surface area contributed by atoms with Crippen molar-refractivity contribution in [2.75, 3.05) is 25.0 Å². The van der Waals surface area contributed by atoms with Gasteiger partial charge in [0.1, 0.15) is 5.75 Å². The quantitative estimate of drug-likeness (QED) is 0.434. The average Bonchev–Trinajstić information content (AvgIpc) is 3.29. The van der Waals surface area contributed by atoms with Gasteiger partial charge in [0.2, 0.25) is 0 Å². The molecule has 1 saturated heterocycles. The number of rotatable bonds is 6. The summed E-state index contributed by atoms with van der Waals surface area (Å²) in [5.41, 5.74) is 4.47. The molecule has 8 nitrogen and oxygen atoms in total. The third-order valence-corrected chi connectivity index (χ3v) is 4.60. The standard InChI is InChI=1S/C22H24N4O4/c1-16-4-8-18(9-5-16)24-21(28)22(29)25-23-14-17-6-10-19(11-7-17)30-15-20(27)26-12-2-3-13-26/h4-11,14H,2-3,12-13,15H2,1H3,(H,24,28)(H,25,29)/b23-14-. The highest BCUT2D eigenvalue weighted by molar-refractivity contribution is 6.39. The molecule has 0 aromatic heterocycles. The lowest BCUT2D eigenvalue weighted by atomic mass is 10.2. The highest BCUT2D eigenvalue weighted by Gasteiger charge is 2.18. The lowest BCUT2D eigenvalue weighted by molar-refractivity contribution is -0.136. The lowest BCUT2D eigenvalue weighted by Gasteiger charge is -2.15. The van der Waals surface area contributed by atoms with Crippen molar-refractivity contribution in [3.63, 3.8) is 0 Å². The van der Waals surface area contributed by atoms with Crippen LogP contribution in [0, 0.1) is 6.92 Å². The zero-order valence-corrected chi connectivity index (χ0v) is 16.8. The first-order valence-electron chi connectivity index (χ1n) is 9.73. The fraction of sp³-hybridized carbons (Fsp3) is 0.273. The van der Waals surface area contributed by atoms with E-state index in [4.69, 9.17) is 4.74 Å². The largest absolute Gasteiger partial charge is 0.484 e. The molecule has 0 bridgehead atoms. The predicted molar refractivity (Wildman–Crippen MR) is 113 cm³/mol. The number of carbonyl (C=O) groups is 3. The van der Waals surface area contributed by atoms with Gasteiger partial charge in [-0.2, -0.15) is 5.10 Å². The van der Waals surface area contributed by atoms with Gasteiger partial charge in [0, 0.05) is 18.8 Å². The van der Waals surface area contributed by atoms with E-state index in [-0.39, 0.29) is 12.5 Å². The third-order valence-electron chi connectivity index (χ3n) is 4.60. The number of ether oxygens (including phenoxy) is 1. The molecule has 1 fully saturated rings. The number of likely N-dealkylation sites (tertiary alicyclic amines) is 1. The summed E-state index contributed by atoms with van der Waals surface area (Å²) in [5, 5.41) is 6.28. The Morgan fingerprint density at radius 2 is 1.67 bits per heavy atom. The Balaban J connectivity index is 1.42. The molecule has 156 valence electrons. The maximum atomic E-state index is 12.0. The van der Waals surface area contributed by atoms with Crippen molar-refractivity contribution in [3.05, 3.63) is 59.7 Å². The Bertz CT molecular complexity index is 917. The molecule has 0 aliphatic carbocycles. The van der Waals surface area contributed by atoms with Gasteiger partial charge in [-0.1, -0.05) is 17.7 Å². The number of hydrogen-bond donors (Lipinski definition) is 2. The summed E-state index contributed by atoms with van der Waals surface area (Å²) in [7, 11) is 0. The van der Waals surface area contributed by atoms with Crippen molar-refractivity contribution in [2.45, 2.75) is 19.8 Å². The number of amides is 3. The van der Waals surface area contributed by atoms with E-state index in [1.165, 1.54) is 6.21 Å². The SMILES string of the molecule is Cc1ccc(NC(=O)C(=O)N/N=C\c2ccc(OCC(=O)N3CCCC3)cc2)cc1. The van der Waals surface area contributed by atoms with Crippen LogP contribution < -0.4 is 15.5 Å². The average molecular weight is 408 g/mol. The van der Waals surface area contributed by atoms with E-state index in [1.54, 1.807) is 41.3 Å². The van der Waals surface area contributed by atoms with Gasteiger partial charge in [0.15, 0.2) is 6.61 Å². The van der Waals surface area contributed by atoms with Crippen molar-refractivity contribution < 1.29 is 19.1 Å². The predicted octanol–water partition coefficient (Wildman–Crippen LogP) is 2.09. The van der Waals surface area contributed by atoms with Crippen LogP contribution in [0.25, 0.3) is 0 Å². The zero-order valence-electron chi connectivity index (χ0n) is 16.8. The van der Waals surface area contributed by atoms with Crippen LogP contribution in [0.1, 0.15) is 24.0 Å². The van der Waals surface area contributed by atoms with Gasteiger partial charge in [0.25, 0.3) is 5.91 Å². The minimum absolute atomic E-state index is 0.00948. The van der Waals surface area contributed by atoms with Gasteiger partial charge in [0.05, 0.1) is 6.21 Å². The number of hydrazone groups is 1. The molecule has 0 atom stereocenters. The van der Waals surface area contributed by atoms with Crippen LogP contribution >= 0.6 is 0 Å². The van der Waals surface area contributed by atoms with E-state index in [1.807, 2.05) is 19.1 Å². The van der Waals surface area contributed by atoms with Gasteiger partial charge in [-0.05, 0) is 61.7 Å². The number of carbonyl (C=O) groups excluding carboxylic acids is 3. The van der Waals surface area contributed by atoms with E-state index in [0.29, 0.717) is 17.0 Å². The molecule has 8 heteroatoms. The van der Waals surface area contributed by atoms with E-state index in [0.717, 1.165) is 31.5 Å². The molecule has 0 spiro atoms. The fourth-order valence-corrected chi connectivity index (χ4v) is 2.89. The lowest BCUT2D eigenvalue weighted by Crippen LogP contribution is -2.32. The van der Waals surface area contributed by atoms with Crippen molar-refractivity contribution in [3.8, 4) is 5.75 Å². The van der Waals surface area contributed by atoms with Crippen LogP contribution in [0.5, 0.6) is 5.75 Å². The minimum atomic E-state index is -0.868. The molecule has 1 heterocycles. The van der Waals surface area contributed by atoms with Crippen LogP contribution in [-0.2, 0) is 14.4 Å². The summed E-state index contributed by atoms with van der Waals surface area (Å²) in [6, 6.07) is 14.0. The van der Waals surface area contributed by atoms with Gasteiger partial charge in [-0.15, -0.1) is 0 Å². The molecule has 3 amide bonds. The van der Waals surface area contributed by atoms with Gasteiger partial charge in [-0.3, -0.25) is 14.4 Å². The first-order valence-corrected chi connectivity index (χ1v) is 9.73. The van der Waals surface area contributed by atoms with Crippen molar-refractivity contribution in [1.82, 2.24) is 10.3 Å². The number of aryl methyl sites for hydroxylation is 1.